The number of nitrogens with zero attached hydrogens (tertiary/aromatic N) is 3. The highest BCUT2D eigenvalue weighted by Gasteiger charge is 2.07. The van der Waals surface area contributed by atoms with Gasteiger partial charge in [-0.15, -0.1) is 0 Å². The molecule has 0 fully saturated rings. The SMILES string of the molecule is Cc1cc(Cn2cccc2CC(C)N)n(C)n1. The van der Waals surface area contributed by atoms with E-state index in [2.05, 4.69) is 34.1 Å². The first-order valence-electron chi connectivity index (χ1n) is 5.95. The Balaban J connectivity index is 2.18. The summed E-state index contributed by atoms with van der Waals surface area (Å²) in [5.41, 5.74) is 9.40. The minimum Gasteiger partial charge on any atom is -0.345 e. The zero-order valence-electron chi connectivity index (χ0n) is 10.7. The van der Waals surface area contributed by atoms with Crippen LogP contribution in [0, 0.1) is 6.92 Å². The molecule has 1 unspecified atom stereocenters. The van der Waals surface area contributed by atoms with Crippen LogP contribution in [-0.2, 0) is 20.0 Å². The number of nitrogens with two attached hydrogens (primary N) is 1. The summed E-state index contributed by atoms with van der Waals surface area (Å²) >= 11 is 0. The largest absolute Gasteiger partial charge is 0.345 e. The number of aryl methyl sites for hydroxylation is 2. The van der Waals surface area contributed by atoms with Gasteiger partial charge in [-0.1, -0.05) is 0 Å². The molecular formula is C13H20N4. The molecule has 2 N–H and O–H groups in total. The number of hydrogen-bond acceptors (Lipinski definition) is 2. The van der Waals surface area contributed by atoms with Crippen molar-refractivity contribution in [1.29, 1.82) is 0 Å². The molecule has 0 saturated carbocycles. The summed E-state index contributed by atoms with van der Waals surface area (Å²) in [5, 5.41) is 4.36. The van der Waals surface area contributed by atoms with Gasteiger partial charge in [0, 0.05) is 31.4 Å². The topological polar surface area (TPSA) is 48.8 Å². The molecule has 0 bridgehead atoms. The van der Waals surface area contributed by atoms with Crippen molar-refractivity contribution < 1.29 is 0 Å². The van der Waals surface area contributed by atoms with Gasteiger partial charge in [0.05, 0.1) is 17.9 Å². The lowest BCUT2D eigenvalue weighted by atomic mass is 10.2. The Morgan fingerprint density at radius 1 is 1.41 bits per heavy atom. The van der Waals surface area contributed by atoms with Gasteiger partial charge in [0.1, 0.15) is 0 Å². The molecule has 2 rings (SSSR count). The molecule has 0 spiro atoms. The molecule has 4 nitrogen and oxygen atoms in total. The zero-order chi connectivity index (χ0) is 12.4. The average Bonchev–Trinajstić information content (AvgIpc) is 2.75. The number of rotatable bonds is 4. The molecule has 2 aromatic heterocycles. The van der Waals surface area contributed by atoms with E-state index in [1.54, 1.807) is 0 Å². The van der Waals surface area contributed by atoms with Crippen molar-refractivity contribution in [2.24, 2.45) is 12.8 Å². The Morgan fingerprint density at radius 3 is 2.76 bits per heavy atom. The van der Waals surface area contributed by atoms with E-state index < -0.39 is 0 Å². The first kappa shape index (κ1) is 11.9. The quantitative estimate of drug-likeness (QED) is 0.867. The molecule has 92 valence electrons. The van der Waals surface area contributed by atoms with Crippen molar-refractivity contribution >= 4 is 0 Å². The summed E-state index contributed by atoms with van der Waals surface area (Å²) in [7, 11) is 1.98. The summed E-state index contributed by atoms with van der Waals surface area (Å²) in [6.07, 6.45) is 3.00. The van der Waals surface area contributed by atoms with Crippen LogP contribution in [0.3, 0.4) is 0 Å². The monoisotopic (exact) mass is 232 g/mol. The third-order valence-electron chi connectivity index (χ3n) is 2.89. The summed E-state index contributed by atoms with van der Waals surface area (Å²) in [5.74, 6) is 0. The molecule has 17 heavy (non-hydrogen) atoms. The molecule has 0 radical (unpaired) electrons. The highest BCUT2D eigenvalue weighted by molar-refractivity contribution is 5.14. The third kappa shape index (κ3) is 2.77. The van der Waals surface area contributed by atoms with Gasteiger partial charge in [0.25, 0.3) is 0 Å². The van der Waals surface area contributed by atoms with Crippen LogP contribution < -0.4 is 5.73 Å². The second-order valence-corrected chi connectivity index (χ2v) is 4.71. The normalized spacial score (nSPS) is 12.9. The zero-order valence-corrected chi connectivity index (χ0v) is 10.7. The van der Waals surface area contributed by atoms with Crippen molar-refractivity contribution in [3.63, 3.8) is 0 Å². The third-order valence-corrected chi connectivity index (χ3v) is 2.89. The average molecular weight is 232 g/mol. The summed E-state index contributed by atoms with van der Waals surface area (Å²) in [6.45, 7) is 4.90. The Kier molecular flexibility index (Phi) is 3.33. The molecule has 1 atom stereocenters. The van der Waals surface area contributed by atoms with E-state index in [0.717, 1.165) is 18.7 Å². The fourth-order valence-electron chi connectivity index (χ4n) is 2.11. The molecule has 0 aliphatic carbocycles. The van der Waals surface area contributed by atoms with Crippen LogP contribution in [0.15, 0.2) is 24.4 Å². The van der Waals surface area contributed by atoms with Crippen molar-refractivity contribution in [2.45, 2.75) is 32.9 Å². The predicted molar refractivity (Wildman–Crippen MR) is 68.8 cm³/mol. The van der Waals surface area contributed by atoms with Crippen LogP contribution in [-0.4, -0.2) is 20.4 Å². The number of aromatic nitrogens is 3. The maximum Gasteiger partial charge on any atom is 0.0642 e. The fourth-order valence-corrected chi connectivity index (χ4v) is 2.11. The fraction of sp³-hybridized carbons (Fsp3) is 0.462. The van der Waals surface area contributed by atoms with E-state index in [1.165, 1.54) is 11.4 Å². The molecule has 0 aliphatic rings. The first-order valence-corrected chi connectivity index (χ1v) is 5.95. The Hall–Kier alpha value is -1.55. The summed E-state index contributed by atoms with van der Waals surface area (Å²) in [6, 6.07) is 6.51. The maximum absolute atomic E-state index is 5.85. The highest BCUT2D eigenvalue weighted by Crippen LogP contribution is 2.10. The molecule has 2 aromatic rings. The van der Waals surface area contributed by atoms with Crippen LogP contribution in [0.5, 0.6) is 0 Å². The van der Waals surface area contributed by atoms with E-state index in [9.17, 15) is 0 Å². The van der Waals surface area contributed by atoms with Gasteiger partial charge < -0.3 is 10.3 Å². The van der Waals surface area contributed by atoms with Gasteiger partial charge in [-0.3, -0.25) is 4.68 Å². The lowest BCUT2D eigenvalue weighted by Gasteiger charge is -2.11. The van der Waals surface area contributed by atoms with Gasteiger partial charge in [-0.05, 0) is 32.0 Å². The molecule has 2 heterocycles. The van der Waals surface area contributed by atoms with Crippen LogP contribution in [0.1, 0.15) is 24.0 Å². The highest BCUT2D eigenvalue weighted by atomic mass is 15.3. The maximum atomic E-state index is 5.85. The molecule has 0 saturated heterocycles. The minimum absolute atomic E-state index is 0.192. The first-order chi connectivity index (χ1) is 8.06. The Bertz CT molecular complexity index is 493. The van der Waals surface area contributed by atoms with E-state index in [0.29, 0.717) is 0 Å². The van der Waals surface area contributed by atoms with E-state index in [1.807, 2.05) is 25.6 Å². The van der Waals surface area contributed by atoms with Crippen LogP contribution in [0.25, 0.3) is 0 Å². The Labute approximate surface area is 102 Å². The van der Waals surface area contributed by atoms with E-state index >= 15 is 0 Å². The lowest BCUT2D eigenvalue weighted by Crippen LogP contribution is -2.20. The second kappa shape index (κ2) is 4.75. The summed E-state index contributed by atoms with van der Waals surface area (Å²) < 4.78 is 4.17. The number of hydrogen-bond donors (Lipinski definition) is 1. The van der Waals surface area contributed by atoms with Crippen molar-refractivity contribution in [1.82, 2.24) is 14.3 Å². The van der Waals surface area contributed by atoms with Gasteiger partial charge in [-0.25, -0.2) is 0 Å². The van der Waals surface area contributed by atoms with Crippen LogP contribution in [0.2, 0.25) is 0 Å². The lowest BCUT2D eigenvalue weighted by molar-refractivity contribution is 0.627. The molecular weight excluding hydrogens is 212 g/mol. The smallest absolute Gasteiger partial charge is 0.0642 e. The van der Waals surface area contributed by atoms with Crippen molar-refractivity contribution in [2.75, 3.05) is 0 Å². The summed E-state index contributed by atoms with van der Waals surface area (Å²) in [4.78, 5) is 0. The molecule has 0 amide bonds. The van der Waals surface area contributed by atoms with Gasteiger partial charge in [0.2, 0.25) is 0 Å². The molecule has 0 aromatic carbocycles. The van der Waals surface area contributed by atoms with Gasteiger partial charge in [0.15, 0.2) is 0 Å². The van der Waals surface area contributed by atoms with Crippen LogP contribution >= 0.6 is 0 Å². The second-order valence-electron chi connectivity index (χ2n) is 4.71. The standard InChI is InChI=1S/C13H20N4/c1-10(14)7-12-5-4-6-17(12)9-13-8-11(2)15-16(13)3/h4-6,8,10H,7,9,14H2,1-3H3. The molecule has 4 heteroatoms. The van der Waals surface area contributed by atoms with Gasteiger partial charge in [-0.2, -0.15) is 5.10 Å². The Morgan fingerprint density at radius 2 is 2.18 bits per heavy atom. The molecule has 0 aliphatic heterocycles. The van der Waals surface area contributed by atoms with Gasteiger partial charge >= 0.3 is 0 Å². The van der Waals surface area contributed by atoms with E-state index in [-0.39, 0.29) is 6.04 Å². The minimum atomic E-state index is 0.192. The predicted octanol–water partition coefficient (Wildman–Crippen LogP) is 1.47. The van der Waals surface area contributed by atoms with Crippen molar-refractivity contribution in [3.05, 3.63) is 41.5 Å². The van der Waals surface area contributed by atoms with Crippen molar-refractivity contribution in [3.8, 4) is 0 Å². The van der Waals surface area contributed by atoms with E-state index in [4.69, 9.17) is 5.73 Å². The van der Waals surface area contributed by atoms with Crippen LogP contribution in [0.4, 0.5) is 0 Å².